The summed E-state index contributed by atoms with van der Waals surface area (Å²) in [6.45, 7) is 10.9. The topological polar surface area (TPSA) is 115 Å². The number of aromatic amines is 1. The van der Waals surface area contributed by atoms with E-state index in [1.807, 2.05) is 0 Å². The van der Waals surface area contributed by atoms with Gasteiger partial charge in [-0.2, -0.15) is 0 Å². The van der Waals surface area contributed by atoms with Crippen LogP contribution < -0.4 is 5.32 Å². The van der Waals surface area contributed by atoms with Gasteiger partial charge in [0.2, 0.25) is 0 Å². The first-order valence-electron chi connectivity index (χ1n) is 10.5. The van der Waals surface area contributed by atoms with Gasteiger partial charge < -0.3 is 20.3 Å². The van der Waals surface area contributed by atoms with Crippen molar-refractivity contribution in [1.29, 1.82) is 0 Å². The molecule has 1 aromatic heterocycles. The van der Waals surface area contributed by atoms with Crippen LogP contribution in [0.4, 0.5) is 0 Å². The predicted octanol–water partition coefficient (Wildman–Crippen LogP) is 2.84. The Morgan fingerprint density at radius 1 is 1.22 bits per heavy atom. The highest BCUT2D eigenvalue weighted by Crippen LogP contribution is 2.28. The molecule has 0 fully saturated rings. The number of H-pyrrole nitrogens is 1. The first-order chi connectivity index (χ1) is 15.1. The summed E-state index contributed by atoms with van der Waals surface area (Å²) in [7, 11) is -3.43. The molecule has 0 bridgehead atoms. The van der Waals surface area contributed by atoms with E-state index in [0.29, 0.717) is 34.7 Å². The Bertz CT molecular complexity index is 1110. The highest BCUT2D eigenvalue weighted by atomic mass is 32.2. The number of allylic oxidation sites excluding steroid dienone is 1. The van der Waals surface area contributed by atoms with E-state index in [9.17, 15) is 18.3 Å². The fourth-order valence-electron chi connectivity index (χ4n) is 3.32. The molecule has 0 atom stereocenters. The molecule has 1 aliphatic rings. The van der Waals surface area contributed by atoms with E-state index in [-0.39, 0.29) is 16.7 Å². The Morgan fingerprint density at radius 2 is 1.91 bits per heavy atom. The van der Waals surface area contributed by atoms with Crippen LogP contribution in [0.5, 0.6) is 5.88 Å². The Kier molecular flexibility index (Phi) is 8.80. The number of nitrogens with one attached hydrogen (secondary N) is 2. The molecular formula is C23H32N4O4S. The molecular weight excluding hydrogens is 428 g/mol. The minimum Gasteiger partial charge on any atom is -0.494 e. The van der Waals surface area contributed by atoms with Gasteiger partial charge in [-0.1, -0.05) is 13.8 Å². The molecule has 8 nitrogen and oxygen atoms in total. The Balaban J connectivity index is 2.38. The van der Waals surface area contributed by atoms with Crippen LogP contribution in [0.1, 0.15) is 33.3 Å². The summed E-state index contributed by atoms with van der Waals surface area (Å²) in [6.07, 6.45) is 4.17. The van der Waals surface area contributed by atoms with Crippen molar-refractivity contribution in [1.82, 2.24) is 15.2 Å². The molecule has 174 valence electrons. The summed E-state index contributed by atoms with van der Waals surface area (Å²) < 4.78 is 23.9. The van der Waals surface area contributed by atoms with E-state index in [0.717, 1.165) is 25.9 Å². The highest BCUT2D eigenvalue weighted by Gasteiger charge is 2.23. The van der Waals surface area contributed by atoms with Gasteiger partial charge in [0.1, 0.15) is 0 Å². The van der Waals surface area contributed by atoms with Crippen molar-refractivity contribution < 1.29 is 18.3 Å². The third-order valence-electron chi connectivity index (χ3n) is 5.24. The third kappa shape index (κ3) is 6.54. The van der Waals surface area contributed by atoms with Gasteiger partial charge in [0.25, 0.3) is 5.91 Å². The van der Waals surface area contributed by atoms with Gasteiger partial charge in [0.05, 0.1) is 21.9 Å². The van der Waals surface area contributed by atoms with E-state index in [2.05, 4.69) is 34.0 Å². The number of nitrogens with zero attached hydrogens (tertiary/aromatic N) is 2. The molecule has 0 unspecified atom stereocenters. The average Bonchev–Trinajstić information content (AvgIpc) is 3.05. The zero-order chi connectivity index (χ0) is 23.9. The van der Waals surface area contributed by atoms with Crippen molar-refractivity contribution >= 4 is 27.5 Å². The van der Waals surface area contributed by atoms with Crippen LogP contribution in [0.2, 0.25) is 0 Å². The molecule has 3 N–H and O–H groups in total. The molecule has 32 heavy (non-hydrogen) atoms. The summed E-state index contributed by atoms with van der Waals surface area (Å²) in [6, 6.07) is 5.85. The number of amides is 1. The lowest BCUT2D eigenvalue weighted by atomic mass is 10.0. The zero-order valence-corrected chi connectivity index (χ0v) is 20.1. The normalized spacial score (nSPS) is 15.2. The van der Waals surface area contributed by atoms with Crippen LogP contribution >= 0.6 is 0 Å². The maximum absolute atomic E-state index is 12.8. The predicted molar refractivity (Wildman–Crippen MR) is 128 cm³/mol. The second-order valence-corrected chi connectivity index (χ2v) is 9.51. The molecule has 9 heteroatoms. The molecule has 2 rings (SSSR count). The van der Waals surface area contributed by atoms with Gasteiger partial charge in [-0.05, 0) is 62.9 Å². The molecule has 0 saturated heterocycles. The minimum atomic E-state index is -3.43. The molecule has 0 saturated carbocycles. The zero-order valence-electron chi connectivity index (χ0n) is 19.3. The smallest absolute Gasteiger partial charge is 0.253 e. The highest BCUT2D eigenvalue weighted by molar-refractivity contribution is 7.90. The first-order valence-corrected chi connectivity index (χ1v) is 12.4. The Morgan fingerprint density at radius 3 is 2.53 bits per heavy atom. The van der Waals surface area contributed by atoms with Gasteiger partial charge in [0, 0.05) is 31.1 Å². The van der Waals surface area contributed by atoms with E-state index < -0.39 is 9.84 Å². The monoisotopic (exact) mass is 460 g/mol. The van der Waals surface area contributed by atoms with Crippen LogP contribution in [-0.4, -0.2) is 67.5 Å². The summed E-state index contributed by atoms with van der Waals surface area (Å²) >= 11 is 0. The summed E-state index contributed by atoms with van der Waals surface area (Å²) in [5.74, 6) is -0.350. The van der Waals surface area contributed by atoms with E-state index in [4.69, 9.17) is 0 Å². The molecule has 1 aliphatic heterocycles. The van der Waals surface area contributed by atoms with Crippen molar-refractivity contribution in [2.24, 2.45) is 4.99 Å². The van der Waals surface area contributed by atoms with Crippen molar-refractivity contribution in [3.63, 3.8) is 0 Å². The third-order valence-corrected chi connectivity index (χ3v) is 6.37. The van der Waals surface area contributed by atoms with Gasteiger partial charge in [-0.15, -0.1) is 0 Å². The molecule has 1 amide bonds. The number of aliphatic imine (C=N–C) groups is 1. The fraction of sp³-hybridized carbons (Fsp3) is 0.391. The maximum Gasteiger partial charge on any atom is 0.253 e. The number of rotatable bonds is 8. The standard InChI is InChI=1S/C23H32N4O4S/c1-6-27(7-2)14-13-25-23(29)21-16(3)20(26-17(21)4)15-18-10-11-19(32(5,30)31)9-8-12-24-22(18)28/h8-12,15,24,28H,6-7,13-14H2,1-5H3,(H,25,29)/b11-10?,12-8?,19-9?,20-15-,22-18?. The molecule has 2 heterocycles. The van der Waals surface area contributed by atoms with Crippen LogP contribution in [0, 0.1) is 0 Å². The Labute approximate surface area is 190 Å². The lowest BCUT2D eigenvalue weighted by molar-refractivity contribution is -0.117. The maximum atomic E-state index is 12.8. The Hall–Kier alpha value is -2.91. The second kappa shape index (κ2) is 11.1. The molecule has 0 aromatic carbocycles. The summed E-state index contributed by atoms with van der Waals surface area (Å²) in [4.78, 5) is 22.3. The van der Waals surface area contributed by atoms with Crippen molar-refractivity contribution in [3.8, 4) is 5.88 Å². The molecule has 0 aliphatic carbocycles. The molecule has 0 spiro atoms. The fourth-order valence-corrected chi connectivity index (χ4v) is 3.96. The van der Waals surface area contributed by atoms with Crippen molar-refractivity contribution in [2.45, 2.75) is 32.6 Å². The molecule has 1 aromatic rings. The van der Waals surface area contributed by atoms with Gasteiger partial charge in [-0.25, -0.2) is 8.42 Å². The number of hydrogen-bond donors (Lipinski definition) is 3. The minimum absolute atomic E-state index is 0.104. The average molecular weight is 461 g/mol. The molecule has 0 radical (unpaired) electrons. The SMILES string of the molecule is CCN(CC)CCNC(=O)C1=C(C)/C(=C/c2ccc(S(C)(=O)=O)ccc[nH]c2O)N=C1C. The van der Waals surface area contributed by atoms with Crippen LogP contribution in [0.15, 0.2) is 57.2 Å². The van der Waals surface area contributed by atoms with Crippen LogP contribution in [0.25, 0.3) is 6.08 Å². The lowest BCUT2D eigenvalue weighted by Gasteiger charge is -2.18. The number of carbonyl (C=O) groups is 1. The van der Waals surface area contributed by atoms with E-state index in [1.165, 1.54) is 30.5 Å². The summed E-state index contributed by atoms with van der Waals surface area (Å²) in [5, 5.41) is 13.3. The van der Waals surface area contributed by atoms with Crippen molar-refractivity contribution in [3.05, 3.63) is 52.9 Å². The number of likely N-dealkylation sites (N-methyl/N-ethyl adjacent to an activating group) is 1. The second-order valence-electron chi connectivity index (χ2n) is 7.49. The van der Waals surface area contributed by atoms with Crippen LogP contribution in [0.3, 0.4) is 0 Å². The van der Waals surface area contributed by atoms with Gasteiger partial charge >= 0.3 is 0 Å². The van der Waals surface area contributed by atoms with E-state index in [1.54, 1.807) is 19.9 Å². The first kappa shape index (κ1) is 25.4. The lowest BCUT2D eigenvalue weighted by Crippen LogP contribution is -2.36. The van der Waals surface area contributed by atoms with Gasteiger partial charge in [-0.3, -0.25) is 9.79 Å². The number of aromatic nitrogens is 1. The van der Waals surface area contributed by atoms with Gasteiger partial charge in [0.15, 0.2) is 15.7 Å². The van der Waals surface area contributed by atoms with E-state index >= 15 is 0 Å². The van der Waals surface area contributed by atoms with Crippen molar-refractivity contribution in [2.75, 3.05) is 32.4 Å². The quantitative estimate of drug-likeness (QED) is 0.552. The van der Waals surface area contributed by atoms with Crippen LogP contribution in [-0.2, 0) is 14.6 Å². The number of aromatic hydroxyl groups is 1. The number of hydrogen-bond acceptors (Lipinski definition) is 6. The largest absolute Gasteiger partial charge is 0.494 e. The number of carbonyl (C=O) groups excluding carboxylic acids is 1. The number of sulfone groups is 1. The summed E-state index contributed by atoms with van der Waals surface area (Å²) in [5.41, 5.74) is 2.64.